The Balaban J connectivity index is 2.28. The van der Waals surface area contributed by atoms with Crippen molar-refractivity contribution in [2.24, 2.45) is 0 Å². The summed E-state index contributed by atoms with van der Waals surface area (Å²) < 4.78 is 27.6. The average molecular weight is 243 g/mol. The van der Waals surface area contributed by atoms with Crippen molar-refractivity contribution in [2.75, 3.05) is 13.3 Å². The van der Waals surface area contributed by atoms with Crippen LogP contribution < -0.4 is 0 Å². The molecule has 1 heterocycles. The van der Waals surface area contributed by atoms with Crippen molar-refractivity contribution in [1.82, 2.24) is 4.90 Å². The van der Waals surface area contributed by atoms with E-state index in [-0.39, 0.29) is 0 Å². The Kier molecular flexibility index (Phi) is 3.08. The van der Waals surface area contributed by atoms with E-state index in [2.05, 4.69) is 6.08 Å². The highest BCUT2D eigenvalue weighted by atomic mass is 32.2. The first-order chi connectivity index (χ1) is 7.47. The molecule has 4 nitrogen and oxygen atoms in total. The molecule has 16 heavy (non-hydrogen) atoms. The number of hydrogen-bond acceptors (Lipinski definition) is 4. The topological polar surface area (TPSA) is 46.6 Å². The quantitative estimate of drug-likeness (QED) is 0.691. The number of nitrogens with zero attached hydrogens (tertiary/aromatic N) is 1. The molecular formula is C11H17NO3S. The second-order valence-corrected chi connectivity index (χ2v) is 5.99. The van der Waals surface area contributed by atoms with E-state index in [4.69, 9.17) is 4.18 Å². The minimum atomic E-state index is -3.42. The molecular weight excluding hydrogens is 226 g/mol. The summed E-state index contributed by atoms with van der Waals surface area (Å²) in [6, 6.07) is 0. The molecule has 2 rings (SSSR count). The molecule has 0 aromatic heterocycles. The van der Waals surface area contributed by atoms with Gasteiger partial charge in [-0.25, -0.2) is 4.18 Å². The molecule has 90 valence electrons. The van der Waals surface area contributed by atoms with Crippen LogP contribution in [-0.4, -0.2) is 32.8 Å². The molecule has 0 N–H and O–H groups in total. The van der Waals surface area contributed by atoms with Crippen molar-refractivity contribution in [2.45, 2.75) is 31.9 Å². The number of allylic oxidation sites excluding steroid dienone is 2. The first-order valence-electron chi connectivity index (χ1n) is 5.48. The Labute approximate surface area is 96.7 Å². The first-order valence-corrected chi connectivity index (χ1v) is 7.29. The lowest BCUT2D eigenvalue weighted by Crippen LogP contribution is -2.37. The van der Waals surface area contributed by atoms with Crippen LogP contribution in [0, 0.1) is 0 Å². The average Bonchev–Trinajstić information content (AvgIpc) is 2.21. The van der Waals surface area contributed by atoms with Gasteiger partial charge in [0.15, 0.2) is 6.23 Å². The maximum absolute atomic E-state index is 11.2. The lowest BCUT2D eigenvalue weighted by Gasteiger charge is -2.34. The number of likely N-dealkylation sites (N-methyl/N-ethyl adjacent to an activating group) is 1. The van der Waals surface area contributed by atoms with Crippen molar-refractivity contribution >= 4 is 10.1 Å². The Morgan fingerprint density at radius 3 is 2.75 bits per heavy atom. The van der Waals surface area contributed by atoms with Gasteiger partial charge in [-0.15, -0.1) is 0 Å². The minimum absolute atomic E-state index is 0.435. The molecule has 0 radical (unpaired) electrons. The summed E-state index contributed by atoms with van der Waals surface area (Å²) >= 11 is 0. The number of hydrogen-bond donors (Lipinski definition) is 0. The van der Waals surface area contributed by atoms with Gasteiger partial charge < -0.3 is 4.90 Å². The van der Waals surface area contributed by atoms with Crippen molar-refractivity contribution < 1.29 is 12.6 Å². The predicted molar refractivity (Wildman–Crippen MR) is 62.1 cm³/mol. The SMILES string of the molecule is CN1C=CC2=C(CCCC2)C1OS(C)(=O)=O. The molecule has 0 aromatic carbocycles. The third kappa shape index (κ3) is 2.47. The molecule has 0 amide bonds. The Bertz CT molecular complexity index is 436. The van der Waals surface area contributed by atoms with Crippen LogP contribution in [0.1, 0.15) is 25.7 Å². The molecule has 0 aromatic rings. The third-order valence-corrected chi connectivity index (χ3v) is 3.53. The van der Waals surface area contributed by atoms with Crippen LogP contribution in [0.15, 0.2) is 23.4 Å². The van der Waals surface area contributed by atoms with E-state index >= 15 is 0 Å². The smallest absolute Gasteiger partial charge is 0.266 e. The lowest BCUT2D eigenvalue weighted by atomic mass is 9.89. The fraction of sp³-hybridized carbons (Fsp3) is 0.636. The van der Waals surface area contributed by atoms with Crippen LogP contribution in [0.25, 0.3) is 0 Å². The van der Waals surface area contributed by atoms with Crippen LogP contribution in [-0.2, 0) is 14.3 Å². The van der Waals surface area contributed by atoms with Crippen molar-refractivity contribution in [3.63, 3.8) is 0 Å². The Hall–Kier alpha value is -0.810. The van der Waals surface area contributed by atoms with E-state index < -0.39 is 16.3 Å². The van der Waals surface area contributed by atoms with Crippen molar-refractivity contribution in [1.29, 1.82) is 0 Å². The van der Waals surface area contributed by atoms with Gasteiger partial charge in [-0.1, -0.05) is 0 Å². The van der Waals surface area contributed by atoms with Crippen LogP contribution in [0.3, 0.4) is 0 Å². The second-order valence-electron chi connectivity index (χ2n) is 4.39. The summed E-state index contributed by atoms with van der Waals surface area (Å²) in [6.45, 7) is 0. The van der Waals surface area contributed by atoms with Gasteiger partial charge in [0.1, 0.15) is 0 Å². The molecule has 0 spiro atoms. The molecule has 1 unspecified atom stereocenters. The molecule has 2 aliphatic rings. The summed E-state index contributed by atoms with van der Waals surface area (Å²) in [5, 5.41) is 0. The maximum Gasteiger partial charge on any atom is 0.266 e. The molecule has 1 aliphatic carbocycles. The van der Waals surface area contributed by atoms with E-state index in [1.807, 2.05) is 18.1 Å². The van der Waals surface area contributed by atoms with Gasteiger partial charge in [-0.3, -0.25) is 0 Å². The lowest BCUT2D eigenvalue weighted by molar-refractivity contribution is 0.111. The van der Waals surface area contributed by atoms with Gasteiger partial charge in [0.25, 0.3) is 10.1 Å². The van der Waals surface area contributed by atoms with Crippen LogP contribution in [0.2, 0.25) is 0 Å². The summed E-state index contributed by atoms with van der Waals surface area (Å²) in [6.07, 6.45) is 8.88. The predicted octanol–water partition coefficient (Wildman–Crippen LogP) is 1.62. The van der Waals surface area contributed by atoms with E-state index in [0.29, 0.717) is 0 Å². The fourth-order valence-corrected chi connectivity index (χ4v) is 2.83. The normalized spacial score (nSPS) is 25.9. The molecule has 0 saturated heterocycles. The van der Waals surface area contributed by atoms with Crippen molar-refractivity contribution in [3.05, 3.63) is 23.4 Å². The molecule has 0 bridgehead atoms. The molecule has 1 atom stereocenters. The summed E-state index contributed by atoms with van der Waals surface area (Å²) in [4.78, 5) is 1.81. The Morgan fingerprint density at radius 1 is 1.38 bits per heavy atom. The largest absolute Gasteiger partial charge is 0.351 e. The first kappa shape index (κ1) is 11.7. The zero-order chi connectivity index (χ0) is 11.8. The Morgan fingerprint density at radius 2 is 2.06 bits per heavy atom. The standard InChI is InChI=1S/C11H17NO3S/c1-12-8-7-9-5-3-4-6-10(9)11(12)15-16(2,13)14/h7-8,11H,3-6H2,1-2H3. The van der Waals surface area contributed by atoms with Gasteiger partial charge in [0.05, 0.1) is 6.26 Å². The fourth-order valence-electron chi connectivity index (χ4n) is 2.25. The molecule has 5 heteroatoms. The third-order valence-electron chi connectivity index (χ3n) is 3.00. The van der Waals surface area contributed by atoms with E-state index in [1.165, 1.54) is 12.0 Å². The van der Waals surface area contributed by atoms with Gasteiger partial charge in [0.2, 0.25) is 0 Å². The monoisotopic (exact) mass is 243 g/mol. The van der Waals surface area contributed by atoms with Gasteiger partial charge in [-0.2, -0.15) is 8.42 Å². The number of rotatable bonds is 2. The second kappa shape index (κ2) is 4.22. The van der Waals surface area contributed by atoms with Gasteiger partial charge in [-0.05, 0) is 42.9 Å². The highest BCUT2D eigenvalue weighted by Crippen LogP contribution is 2.33. The van der Waals surface area contributed by atoms with Crippen LogP contribution in [0.5, 0.6) is 0 Å². The molecule has 0 fully saturated rings. The zero-order valence-electron chi connectivity index (χ0n) is 9.64. The summed E-state index contributed by atoms with van der Waals surface area (Å²) in [5.74, 6) is 0. The highest BCUT2D eigenvalue weighted by molar-refractivity contribution is 7.86. The van der Waals surface area contributed by atoms with E-state index in [0.717, 1.165) is 31.1 Å². The van der Waals surface area contributed by atoms with Crippen LogP contribution in [0.4, 0.5) is 0 Å². The maximum atomic E-state index is 11.2. The van der Waals surface area contributed by atoms with Gasteiger partial charge in [0, 0.05) is 13.2 Å². The van der Waals surface area contributed by atoms with Crippen LogP contribution >= 0.6 is 0 Å². The zero-order valence-corrected chi connectivity index (χ0v) is 10.5. The molecule has 1 aliphatic heterocycles. The van der Waals surface area contributed by atoms with Gasteiger partial charge >= 0.3 is 0 Å². The van der Waals surface area contributed by atoms with Crippen molar-refractivity contribution in [3.8, 4) is 0 Å². The van der Waals surface area contributed by atoms with E-state index in [1.54, 1.807) is 0 Å². The minimum Gasteiger partial charge on any atom is -0.351 e. The highest BCUT2D eigenvalue weighted by Gasteiger charge is 2.28. The van der Waals surface area contributed by atoms with E-state index in [9.17, 15) is 8.42 Å². The summed E-state index contributed by atoms with van der Waals surface area (Å²) in [5.41, 5.74) is 2.37. The molecule has 0 saturated carbocycles. The summed E-state index contributed by atoms with van der Waals surface area (Å²) in [7, 11) is -1.58.